The molecule has 0 saturated heterocycles. The molecule has 0 aromatic heterocycles. The second-order valence-corrected chi connectivity index (χ2v) is 5.60. The van der Waals surface area contributed by atoms with Crippen LogP contribution < -0.4 is 15.9 Å². The van der Waals surface area contributed by atoms with E-state index in [-0.39, 0.29) is 5.11 Å². The number of benzene rings is 2. The van der Waals surface area contributed by atoms with Crippen LogP contribution in [0.4, 0.5) is 0 Å². The molecule has 0 spiro atoms. The molecule has 3 N–H and O–H groups in total. The van der Waals surface area contributed by atoms with Crippen molar-refractivity contribution in [1.82, 2.24) is 5.43 Å². The van der Waals surface area contributed by atoms with E-state index in [2.05, 4.69) is 22.7 Å². The van der Waals surface area contributed by atoms with Gasteiger partial charge in [0.25, 0.3) is 0 Å². The van der Waals surface area contributed by atoms with Gasteiger partial charge in [-0.25, -0.2) is 0 Å². The number of nitrogens with two attached hydrogens (primary N) is 1. The van der Waals surface area contributed by atoms with E-state index in [9.17, 15) is 0 Å². The topological polar surface area (TPSA) is 59.6 Å². The predicted molar refractivity (Wildman–Crippen MR) is 94.8 cm³/mol. The first-order valence-electron chi connectivity index (χ1n) is 6.30. The van der Waals surface area contributed by atoms with Crippen molar-refractivity contribution in [3.05, 3.63) is 63.6 Å². The van der Waals surface area contributed by atoms with Crippen molar-refractivity contribution in [2.45, 2.75) is 6.61 Å². The summed E-state index contributed by atoms with van der Waals surface area (Å²) in [7, 11) is 0. The highest BCUT2D eigenvalue weighted by Crippen LogP contribution is 2.23. The second kappa shape index (κ2) is 7.98. The maximum Gasteiger partial charge on any atom is 0.184 e. The van der Waals surface area contributed by atoms with Crippen LogP contribution in [0, 0.1) is 0 Å². The van der Waals surface area contributed by atoms with E-state index >= 15 is 0 Å². The third kappa shape index (κ3) is 5.18. The standard InChI is InChI=1S/C15H13Cl2N3OS/c16-13-5-4-11(7-14(13)17)9-21-12-3-1-2-10(6-12)8-19-20-15(18)22/h1-8H,9H2,(H3,18,20,22). The zero-order chi connectivity index (χ0) is 15.9. The molecular formula is C15H13Cl2N3OS. The first kappa shape index (κ1) is 16.5. The van der Waals surface area contributed by atoms with Gasteiger partial charge in [0.05, 0.1) is 16.3 Å². The summed E-state index contributed by atoms with van der Waals surface area (Å²) >= 11 is 16.5. The first-order chi connectivity index (χ1) is 10.5. The van der Waals surface area contributed by atoms with Crippen LogP contribution in [0.1, 0.15) is 11.1 Å². The minimum atomic E-state index is 0.114. The molecule has 4 nitrogen and oxygen atoms in total. The van der Waals surface area contributed by atoms with Gasteiger partial charge in [-0.15, -0.1) is 0 Å². The highest BCUT2D eigenvalue weighted by atomic mass is 35.5. The molecule has 0 aliphatic heterocycles. The molecule has 2 aromatic rings. The molecule has 0 unspecified atom stereocenters. The molecule has 0 saturated carbocycles. The van der Waals surface area contributed by atoms with Gasteiger partial charge in [-0.05, 0) is 47.6 Å². The van der Waals surface area contributed by atoms with Crippen LogP contribution >= 0.6 is 35.4 Å². The van der Waals surface area contributed by atoms with Crippen molar-refractivity contribution in [3.63, 3.8) is 0 Å². The Morgan fingerprint density at radius 1 is 1.23 bits per heavy atom. The van der Waals surface area contributed by atoms with Crippen LogP contribution in [-0.2, 0) is 6.61 Å². The average molecular weight is 354 g/mol. The van der Waals surface area contributed by atoms with Crippen LogP contribution in [0.2, 0.25) is 10.0 Å². The molecule has 0 heterocycles. The minimum absolute atomic E-state index is 0.114. The summed E-state index contributed by atoms with van der Waals surface area (Å²) in [4.78, 5) is 0. The average Bonchev–Trinajstić information content (AvgIpc) is 2.49. The Morgan fingerprint density at radius 2 is 2.05 bits per heavy atom. The number of hydrazone groups is 1. The Hall–Kier alpha value is -1.82. The maximum atomic E-state index is 5.97. The number of rotatable bonds is 5. The van der Waals surface area contributed by atoms with Gasteiger partial charge in [-0.3, -0.25) is 5.43 Å². The summed E-state index contributed by atoms with van der Waals surface area (Å²) in [5.41, 5.74) is 9.57. The Labute approximate surface area is 143 Å². The van der Waals surface area contributed by atoms with Gasteiger partial charge in [0.2, 0.25) is 0 Å². The van der Waals surface area contributed by atoms with Crippen molar-refractivity contribution in [1.29, 1.82) is 0 Å². The van der Waals surface area contributed by atoms with E-state index in [1.54, 1.807) is 18.3 Å². The SMILES string of the molecule is NC(=S)NN=Cc1cccc(OCc2ccc(Cl)c(Cl)c2)c1. The molecule has 7 heteroatoms. The number of hydrogen-bond donors (Lipinski definition) is 2. The zero-order valence-electron chi connectivity index (χ0n) is 11.4. The maximum absolute atomic E-state index is 5.97. The molecule has 0 atom stereocenters. The number of ether oxygens (including phenoxy) is 1. The number of hydrogen-bond acceptors (Lipinski definition) is 3. The lowest BCUT2D eigenvalue weighted by Crippen LogP contribution is -2.23. The molecule has 0 aliphatic carbocycles. The molecular weight excluding hydrogens is 341 g/mol. The molecule has 0 amide bonds. The molecule has 0 fully saturated rings. The van der Waals surface area contributed by atoms with Crippen LogP contribution in [0.5, 0.6) is 5.75 Å². The fraction of sp³-hybridized carbons (Fsp3) is 0.0667. The van der Waals surface area contributed by atoms with Crippen molar-refractivity contribution < 1.29 is 4.74 Å². The van der Waals surface area contributed by atoms with E-state index in [1.165, 1.54) is 0 Å². The molecule has 2 rings (SSSR count). The van der Waals surface area contributed by atoms with Crippen molar-refractivity contribution in [2.24, 2.45) is 10.8 Å². The molecule has 0 bridgehead atoms. The van der Waals surface area contributed by atoms with Gasteiger partial charge in [0.1, 0.15) is 12.4 Å². The van der Waals surface area contributed by atoms with Crippen molar-refractivity contribution >= 4 is 46.7 Å². The van der Waals surface area contributed by atoms with Crippen LogP contribution in [0.15, 0.2) is 47.6 Å². The summed E-state index contributed by atoms with van der Waals surface area (Å²) < 4.78 is 5.72. The second-order valence-electron chi connectivity index (χ2n) is 4.34. The van der Waals surface area contributed by atoms with E-state index in [4.69, 9.17) is 33.7 Å². The monoisotopic (exact) mass is 353 g/mol. The van der Waals surface area contributed by atoms with Gasteiger partial charge in [-0.1, -0.05) is 41.4 Å². The highest BCUT2D eigenvalue weighted by molar-refractivity contribution is 7.80. The summed E-state index contributed by atoms with van der Waals surface area (Å²) in [6, 6.07) is 12.8. The first-order valence-corrected chi connectivity index (χ1v) is 7.46. The molecule has 22 heavy (non-hydrogen) atoms. The predicted octanol–water partition coefficient (Wildman–Crippen LogP) is 3.74. The number of nitrogens with zero attached hydrogens (tertiary/aromatic N) is 1. The number of halogens is 2. The van der Waals surface area contributed by atoms with Crippen molar-refractivity contribution in [3.8, 4) is 5.75 Å². The third-order valence-electron chi connectivity index (χ3n) is 2.64. The molecule has 0 radical (unpaired) electrons. The summed E-state index contributed by atoms with van der Waals surface area (Å²) in [5.74, 6) is 0.713. The van der Waals surface area contributed by atoms with E-state index < -0.39 is 0 Å². The summed E-state index contributed by atoms with van der Waals surface area (Å²) in [6.45, 7) is 0.391. The lowest BCUT2D eigenvalue weighted by atomic mass is 10.2. The highest BCUT2D eigenvalue weighted by Gasteiger charge is 2.01. The molecule has 114 valence electrons. The van der Waals surface area contributed by atoms with Crippen LogP contribution in [0.3, 0.4) is 0 Å². The van der Waals surface area contributed by atoms with Crippen molar-refractivity contribution in [2.75, 3.05) is 0 Å². The van der Waals surface area contributed by atoms with Gasteiger partial charge < -0.3 is 10.5 Å². The largest absolute Gasteiger partial charge is 0.489 e. The number of nitrogens with one attached hydrogen (secondary N) is 1. The van der Waals surface area contributed by atoms with E-state index in [0.717, 1.165) is 11.1 Å². The Morgan fingerprint density at radius 3 is 2.77 bits per heavy atom. The fourth-order valence-electron chi connectivity index (χ4n) is 1.65. The quantitative estimate of drug-likeness (QED) is 0.488. The summed E-state index contributed by atoms with van der Waals surface area (Å²) in [6.07, 6.45) is 1.60. The normalized spacial score (nSPS) is 10.6. The Kier molecular flexibility index (Phi) is 6.00. The van der Waals surface area contributed by atoms with Crippen LogP contribution in [-0.4, -0.2) is 11.3 Å². The number of thiocarbonyl (C=S) groups is 1. The lowest BCUT2D eigenvalue weighted by molar-refractivity contribution is 0.306. The lowest BCUT2D eigenvalue weighted by Gasteiger charge is -2.07. The Bertz CT molecular complexity index is 707. The van der Waals surface area contributed by atoms with E-state index in [0.29, 0.717) is 22.4 Å². The molecule has 2 aromatic carbocycles. The van der Waals surface area contributed by atoms with Gasteiger partial charge in [0, 0.05) is 0 Å². The Balaban J connectivity index is 1.99. The third-order valence-corrected chi connectivity index (χ3v) is 3.47. The summed E-state index contributed by atoms with van der Waals surface area (Å²) in [5, 5.41) is 5.04. The van der Waals surface area contributed by atoms with Gasteiger partial charge >= 0.3 is 0 Å². The fourth-order valence-corrected chi connectivity index (χ4v) is 2.02. The van der Waals surface area contributed by atoms with Gasteiger partial charge in [-0.2, -0.15) is 5.10 Å². The van der Waals surface area contributed by atoms with Gasteiger partial charge in [0.15, 0.2) is 5.11 Å². The minimum Gasteiger partial charge on any atom is -0.489 e. The zero-order valence-corrected chi connectivity index (χ0v) is 13.8. The smallest absolute Gasteiger partial charge is 0.184 e. The molecule has 0 aliphatic rings. The van der Waals surface area contributed by atoms with E-state index in [1.807, 2.05) is 30.3 Å². The van der Waals surface area contributed by atoms with Crippen LogP contribution in [0.25, 0.3) is 0 Å².